The van der Waals surface area contributed by atoms with Crippen LogP contribution in [0, 0.1) is 0 Å². The lowest BCUT2D eigenvalue weighted by molar-refractivity contribution is 0.397. The maximum Gasteiger partial charge on any atom is 0.161 e. The van der Waals surface area contributed by atoms with E-state index in [1.807, 2.05) is 16.4 Å². The molecule has 0 saturated heterocycles. The summed E-state index contributed by atoms with van der Waals surface area (Å²) in [6.07, 6.45) is 2.92. The van der Waals surface area contributed by atoms with Crippen molar-refractivity contribution in [3.05, 3.63) is 11.9 Å². The molecule has 5 nitrogen and oxygen atoms in total. The minimum atomic E-state index is 0.0731. The minimum absolute atomic E-state index is 0.0731. The molecule has 0 amide bonds. The SMILES string of the molecule is CCCSCC(NN)c1c(OC)cnn1CC. The van der Waals surface area contributed by atoms with Crippen LogP contribution in [0.25, 0.3) is 0 Å². The highest BCUT2D eigenvalue weighted by molar-refractivity contribution is 7.99. The third kappa shape index (κ3) is 3.62. The number of thioether (sulfide) groups is 1. The molecule has 0 spiro atoms. The van der Waals surface area contributed by atoms with Crippen molar-refractivity contribution in [2.24, 2.45) is 5.84 Å². The maximum absolute atomic E-state index is 5.63. The number of ether oxygens (including phenoxy) is 1. The fraction of sp³-hybridized carbons (Fsp3) is 0.727. The van der Waals surface area contributed by atoms with Crippen LogP contribution < -0.4 is 16.0 Å². The summed E-state index contributed by atoms with van der Waals surface area (Å²) in [5, 5.41) is 4.29. The van der Waals surface area contributed by atoms with Gasteiger partial charge in [-0.25, -0.2) is 0 Å². The van der Waals surface area contributed by atoms with Crippen LogP contribution in [-0.4, -0.2) is 28.4 Å². The fourth-order valence-electron chi connectivity index (χ4n) is 1.69. The number of methoxy groups -OCH3 is 1. The standard InChI is InChI=1S/C11H22N4OS/c1-4-6-17-8-9(14-12)11-10(16-3)7-13-15(11)5-2/h7,9,14H,4-6,8,12H2,1-3H3. The molecule has 1 heterocycles. The van der Waals surface area contributed by atoms with Crippen molar-refractivity contribution in [1.82, 2.24) is 15.2 Å². The van der Waals surface area contributed by atoms with Gasteiger partial charge < -0.3 is 4.74 Å². The van der Waals surface area contributed by atoms with E-state index in [1.165, 1.54) is 6.42 Å². The third-order valence-electron chi connectivity index (χ3n) is 2.53. The number of hydrogen-bond donors (Lipinski definition) is 2. The van der Waals surface area contributed by atoms with E-state index >= 15 is 0 Å². The molecule has 1 rings (SSSR count). The molecule has 17 heavy (non-hydrogen) atoms. The molecule has 0 saturated carbocycles. The Balaban J connectivity index is 2.81. The number of hydrogen-bond acceptors (Lipinski definition) is 5. The van der Waals surface area contributed by atoms with E-state index in [9.17, 15) is 0 Å². The van der Waals surface area contributed by atoms with Crippen molar-refractivity contribution < 1.29 is 4.74 Å². The van der Waals surface area contributed by atoms with Crippen molar-refractivity contribution in [2.45, 2.75) is 32.9 Å². The highest BCUT2D eigenvalue weighted by Gasteiger charge is 2.20. The third-order valence-corrected chi connectivity index (χ3v) is 3.79. The van der Waals surface area contributed by atoms with E-state index in [2.05, 4.69) is 24.4 Å². The quantitative estimate of drug-likeness (QED) is 0.421. The molecule has 1 atom stereocenters. The van der Waals surface area contributed by atoms with Crippen LogP contribution in [0.3, 0.4) is 0 Å². The topological polar surface area (TPSA) is 65.1 Å². The van der Waals surface area contributed by atoms with E-state index in [0.717, 1.165) is 29.5 Å². The van der Waals surface area contributed by atoms with Gasteiger partial charge in [0.2, 0.25) is 0 Å². The summed E-state index contributed by atoms with van der Waals surface area (Å²) in [7, 11) is 1.66. The average Bonchev–Trinajstić information content (AvgIpc) is 2.77. The zero-order chi connectivity index (χ0) is 12.7. The number of nitrogens with two attached hydrogens (primary N) is 1. The first kappa shape index (κ1) is 14.3. The van der Waals surface area contributed by atoms with Crippen LogP contribution in [0.1, 0.15) is 32.0 Å². The number of nitrogens with one attached hydrogen (secondary N) is 1. The minimum Gasteiger partial charge on any atom is -0.493 e. The summed E-state index contributed by atoms with van der Waals surface area (Å²) in [6.45, 7) is 5.05. The Hall–Kier alpha value is -0.720. The summed E-state index contributed by atoms with van der Waals surface area (Å²) in [5.74, 6) is 8.49. The molecular formula is C11H22N4OS. The van der Waals surface area contributed by atoms with Crippen molar-refractivity contribution >= 4 is 11.8 Å². The van der Waals surface area contributed by atoms with Crippen LogP contribution in [-0.2, 0) is 6.54 Å². The smallest absolute Gasteiger partial charge is 0.161 e. The Morgan fingerprint density at radius 1 is 1.59 bits per heavy atom. The van der Waals surface area contributed by atoms with Gasteiger partial charge in [-0.1, -0.05) is 6.92 Å². The van der Waals surface area contributed by atoms with E-state index in [4.69, 9.17) is 10.6 Å². The molecule has 98 valence electrons. The molecule has 0 aliphatic rings. The molecule has 1 aromatic rings. The Kier molecular flexibility index (Phi) is 6.39. The summed E-state index contributed by atoms with van der Waals surface area (Å²) >= 11 is 1.88. The normalized spacial score (nSPS) is 12.7. The lowest BCUT2D eigenvalue weighted by atomic mass is 10.2. The lowest BCUT2D eigenvalue weighted by Gasteiger charge is -2.18. The van der Waals surface area contributed by atoms with Gasteiger partial charge in [-0.15, -0.1) is 0 Å². The van der Waals surface area contributed by atoms with Gasteiger partial charge in [0.05, 0.1) is 25.0 Å². The monoisotopic (exact) mass is 258 g/mol. The van der Waals surface area contributed by atoms with Gasteiger partial charge in [0.15, 0.2) is 5.75 Å². The van der Waals surface area contributed by atoms with Gasteiger partial charge >= 0.3 is 0 Å². The summed E-state index contributed by atoms with van der Waals surface area (Å²) in [4.78, 5) is 0. The zero-order valence-electron chi connectivity index (χ0n) is 10.8. The van der Waals surface area contributed by atoms with E-state index in [-0.39, 0.29) is 6.04 Å². The first-order valence-electron chi connectivity index (χ1n) is 5.91. The molecule has 0 aromatic carbocycles. The molecule has 0 radical (unpaired) electrons. The Morgan fingerprint density at radius 2 is 2.35 bits per heavy atom. The summed E-state index contributed by atoms with van der Waals surface area (Å²) in [6, 6.07) is 0.0731. The van der Waals surface area contributed by atoms with Crippen molar-refractivity contribution in [3.8, 4) is 5.75 Å². The van der Waals surface area contributed by atoms with Gasteiger partial charge in [0.25, 0.3) is 0 Å². The number of nitrogens with zero attached hydrogens (tertiary/aromatic N) is 2. The van der Waals surface area contributed by atoms with Crippen LogP contribution >= 0.6 is 11.8 Å². The van der Waals surface area contributed by atoms with E-state index < -0.39 is 0 Å². The summed E-state index contributed by atoms with van der Waals surface area (Å²) in [5.41, 5.74) is 3.88. The van der Waals surface area contributed by atoms with Gasteiger partial charge in [0, 0.05) is 12.3 Å². The lowest BCUT2D eigenvalue weighted by Crippen LogP contribution is -2.32. The molecule has 0 bridgehead atoms. The molecule has 1 aromatic heterocycles. The first-order chi connectivity index (χ1) is 8.28. The van der Waals surface area contributed by atoms with Crippen molar-refractivity contribution in [1.29, 1.82) is 0 Å². The largest absolute Gasteiger partial charge is 0.493 e. The first-order valence-corrected chi connectivity index (χ1v) is 7.07. The molecule has 3 N–H and O–H groups in total. The number of aromatic nitrogens is 2. The maximum atomic E-state index is 5.63. The second-order valence-electron chi connectivity index (χ2n) is 3.71. The van der Waals surface area contributed by atoms with E-state index in [1.54, 1.807) is 13.3 Å². The second kappa shape index (κ2) is 7.58. The highest BCUT2D eigenvalue weighted by Crippen LogP contribution is 2.27. The predicted octanol–water partition coefficient (Wildman–Crippen LogP) is 1.56. The number of rotatable bonds is 8. The molecule has 1 unspecified atom stereocenters. The van der Waals surface area contributed by atoms with Gasteiger partial charge in [-0.2, -0.15) is 16.9 Å². The van der Waals surface area contributed by atoms with Crippen LogP contribution in [0.4, 0.5) is 0 Å². The Bertz CT molecular complexity index is 308. The molecule has 6 heteroatoms. The van der Waals surface area contributed by atoms with Crippen molar-refractivity contribution in [2.75, 3.05) is 18.6 Å². The Labute approximate surface area is 107 Å². The van der Waals surface area contributed by atoms with Gasteiger partial charge in [0.1, 0.15) is 0 Å². The highest BCUT2D eigenvalue weighted by atomic mass is 32.2. The van der Waals surface area contributed by atoms with Crippen LogP contribution in [0.2, 0.25) is 0 Å². The Morgan fingerprint density at radius 3 is 2.88 bits per heavy atom. The molecule has 0 aliphatic carbocycles. The summed E-state index contributed by atoms with van der Waals surface area (Å²) < 4.78 is 7.26. The number of hydrazine groups is 1. The van der Waals surface area contributed by atoms with Gasteiger partial charge in [-0.05, 0) is 19.1 Å². The zero-order valence-corrected chi connectivity index (χ0v) is 11.6. The van der Waals surface area contributed by atoms with Crippen LogP contribution in [0.5, 0.6) is 5.75 Å². The second-order valence-corrected chi connectivity index (χ2v) is 4.86. The number of aryl methyl sites for hydroxylation is 1. The van der Waals surface area contributed by atoms with Crippen molar-refractivity contribution in [3.63, 3.8) is 0 Å². The molecule has 0 fully saturated rings. The predicted molar refractivity (Wildman–Crippen MR) is 72.1 cm³/mol. The fourth-order valence-corrected chi connectivity index (χ4v) is 2.64. The van der Waals surface area contributed by atoms with E-state index in [0.29, 0.717) is 0 Å². The van der Waals surface area contributed by atoms with Gasteiger partial charge in [-0.3, -0.25) is 16.0 Å². The molecule has 0 aliphatic heterocycles. The molecular weight excluding hydrogens is 236 g/mol. The average molecular weight is 258 g/mol. The van der Waals surface area contributed by atoms with Crippen LogP contribution in [0.15, 0.2) is 6.20 Å².